The topological polar surface area (TPSA) is 49.8 Å². The van der Waals surface area contributed by atoms with Gasteiger partial charge in [0.15, 0.2) is 5.78 Å². The lowest BCUT2D eigenvalue weighted by Crippen LogP contribution is -2.46. The second kappa shape index (κ2) is 6.48. The van der Waals surface area contributed by atoms with Crippen molar-refractivity contribution >= 4 is 5.78 Å². The van der Waals surface area contributed by atoms with Crippen LogP contribution in [0.1, 0.15) is 28.8 Å². The van der Waals surface area contributed by atoms with E-state index in [4.69, 9.17) is 4.74 Å². The molecule has 2 rings (SSSR count). The van der Waals surface area contributed by atoms with Crippen LogP contribution in [0.2, 0.25) is 0 Å². The van der Waals surface area contributed by atoms with Crippen molar-refractivity contribution in [3.8, 4) is 0 Å². The number of ether oxygens (including phenoxy) is 1. The van der Waals surface area contributed by atoms with Gasteiger partial charge in [0.2, 0.25) is 0 Å². The minimum Gasteiger partial charge on any atom is -0.388 e. The lowest BCUT2D eigenvalue weighted by molar-refractivity contribution is -0.0758. The molecule has 0 saturated carbocycles. The molecule has 0 radical (unpaired) electrons. The molecule has 0 atom stereocenters. The molecular formula is C16H23NO3. The van der Waals surface area contributed by atoms with Crippen molar-refractivity contribution in [3.63, 3.8) is 0 Å². The van der Waals surface area contributed by atoms with Crippen LogP contribution in [-0.2, 0) is 4.74 Å². The quantitative estimate of drug-likeness (QED) is 0.832. The van der Waals surface area contributed by atoms with Crippen LogP contribution in [-0.4, -0.2) is 54.7 Å². The summed E-state index contributed by atoms with van der Waals surface area (Å²) in [6.45, 7) is 3.97. The molecule has 1 fully saturated rings. The van der Waals surface area contributed by atoms with Crippen LogP contribution >= 0.6 is 0 Å². The van der Waals surface area contributed by atoms with E-state index >= 15 is 0 Å². The van der Waals surface area contributed by atoms with Crippen molar-refractivity contribution < 1.29 is 14.6 Å². The van der Waals surface area contributed by atoms with Gasteiger partial charge in [-0.2, -0.15) is 0 Å². The highest BCUT2D eigenvalue weighted by molar-refractivity contribution is 5.98. The molecule has 4 nitrogen and oxygen atoms in total. The fourth-order valence-corrected chi connectivity index (χ4v) is 2.68. The van der Waals surface area contributed by atoms with E-state index < -0.39 is 5.60 Å². The minimum atomic E-state index is -0.723. The summed E-state index contributed by atoms with van der Waals surface area (Å²) in [5, 5.41) is 10.4. The number of benzene rings is 1. The number of ketones is 1. The SMILES string of the molecule is Cc1ccccc1C(=O)CN(C)CC1(O)CCOCC1. The zero-order valence-electron chi connectivity index (χ0n) is 12.3. The summed E-state index contributed by atoms with van der Waals surface area (Å²) in [4.78, 5) is 14.2. The summed E-state index contributed by atoms with van der Waals surface area (Å²) >= 11 is 0. The molecule has 0 bridgehead atoms. The molecule has 4 heteroatoms. The molecule has 1 saturated heterocycles. The first-order valence-electron chi connectivity index (χ1n) is 7.08. The fourth-order valence-electron chi connectivity index (χ4n) is 2.68. The van der Waals surface area contributed by atoms with Gasteiger partial charge in [-0.1, -0.05) is 24.3 Å². The molecule has 0 aromatic heterocycles. The maximum absolute atomic E-state index is 12.3. The van der Waals surface area contributed by atoms with Gasteiger partial charge in [-0.05, 0) is 19.5 Å². The molecule has 0 amide bonds. The molecule has 0 unspecified atom stereocenters. The first kappa shape index (κ1) is 15.2. The normalized spacial score (nSPS) is 18.2. The first-order chi connectivity index (χ1) is 9.50. The highest BCUT2D eigenvalue weighted by Crippen LogP contribution is 2.21. The van der Waals surface area contributed by atoms with Gasteiger partial charge >= 0.3 is 0 Å². The zero-order chi connectivity index (χ0) is 14.6. The number of Topliss-reactive ketones (excluding diaryl/α,β-unsaturated/α-hetero) is 1. The van der Waals surface area contributed by atoms with Gasteiger partial charge in [-0.15, -0.1) is 0 Å². The largest absolute Gasteiger partial charge is 0.388 e. The monoisotopic (exact) mass is 277 g/mol. The molecule has 1 heterocycles. The summed E-state index contributed by atoms with van der Waals surface area (Å²) < 4.78 is 5.27. The summed E-state index contributed by atoms with van der Waals surface area (Å²) in [5.41, 5.74) is 1.04. The number of aliphatic hydroxyl groups is 1. The van der Waals surface area contributed by atoms with Gasteiger partial charge < -0.3 is 9.84 Å². The van der Waals surface area contributed by atoms with E-state index in [0.717, 1.165) is 11.1 Å². The predicted octanol–water partition coefficient (Wildman–Crippen LogP) is 1.65. The van der Waals surface area contributed by atoms with Crippen LogP contribution < -0.4 is 0 Å². The molecular weight excluding hydrogens is 254 g/mol. The lowest BCUT2D eigenvalue weighted by Gasteiger charge is -2.35. The lowest BCUT2D eigenvalue weighted by atomic mass is 9.93. The van der Waals surface area contributed by atoms with Crippen molar-refractivity contribution in [2.75, 3.05) is 33.4 Å². The number of hydrogen-bond acceptors (Lipinski definition) is 4. The van der Waals surface area contributed by atoms with E-state index in [9.17, 15) is 9.90 Å². The summed E-state index contributed by atoms with van der Waals surface area (Å²) in [6, 6.07) is 7.61. The Labute approximate surface area is 120 Å². The molecule has 1 N–H and O–H groups in total. The Balaban J connectivity index is 1.92. The second-order valence-corrected chi connectivity index (χ2v) is 5.75. The predicted molar refractivity (Wildman–Crippen MR) is 78.0 cm³/mol. The van der Waals surface area contributed by atoms with Gasteiger partial charge in [0.1, 0.15) is 0 Å². The van der Waals surface area contributed by atoms with Crippen molar-refractivity contribution in [2.24, 2.45) is 0 Å². The van der Waals surface area contributed by atoms with E-state index in [1.165, 1.54) is 0 Å². The first-order valence-corrected chi connectivity index (χ1v) is 7.08. The molecule has 1 aromatic carbocycles. The number of carbonyl (C=O) groups excluding carboxylic acids is 1. The third-order valence-corrected chi connectivity index (χ3v) is 3.85. The number of rotatable bonds is 5. The Hall–Kier alpha value is -1.23. The fraction of sp³-hybridized carbons (Fsp3) is 0.562. The standard InChI is InChI=1S/C16H23NO3/c1-13-5-3-4-6-14(13)15(18)11-17(2)12-16(19)7-9-20-10-8-16/h3-6,19H,7-12H2,1-2H3. The molecule has 20 heavy (non-hydrogen) atoms. The number of aryl methyl sites for hydroxylation is 1. The molecule has 1 aliphatic heterocycles. The number of nitrogens with zero attached hydrogens (tertiary/aromatic N) is 1. The molecule has 1 aliphatic rings. The van der Waals surface area contributed by atoms with E-state index in [0.29, 0.717) is 39.1 Å². The van der Waals surface area contributed by atoms with Gasteiger partial charge in [0, 0.05) is 38.2 Å². The van der Waals surface area contributed by atoms with Crippen LogP contribution in [0.5, 0.6) is 0 Å². The summed E-state index contributed by atoms with van der Waals surface area (Å²) in [7, 11) is 1.88. The average Bonchev–Trinajstić information content (AvgIpc) is 2.39. The van der Waals surface area contributed by atoms with E-state index in [-0.39, 0.29) is 5.78 Å². The Morgan fingerprint density at radius 2 is 2.00 bits per heavy atom. The summed E-state index contributed by atoms with van der Waals surface area (Å²) in [5.74, 6) is 0.0984. The maximum Gasteiger partial charge on any atom is 0.177 e. The van der Waals surface area contributed by atoms with Gasteiger partial charge in [-0.3, -0.25) is 9.69 Å². The van der Waals surface area contributed by atoms with E-state index in [1.807, 2.05) is 43.1 Å². The van der Waals surface area contributed by atoms with E-state index in [1.54, 1.807) is 0 Å². The van der Waals surface area contributed by atoms with Gasteiger partial charge in [0.25, 0.3) is 0 Å². The molecule has 0 aliphatic carbocycles. The van der Waals surface area contributed by atoms with E-state index in [2.05, 4.69) is 0 Å². The van der Waals surface area contributed by atoms with Crippen LogP contribution in [0.3, 0.4) is 0 Å². The smallest absolute Gasteiger partial charge is 0.177 e. The number of hydrogen-bond donors (Lipinski definition) is 1. The van der Waals surface area contributed by atoms with Crippen LogP contribution in [0.15, 0.2) is 24.3 Å². The maximum atomic E-state index is 12.3. The zero-order valence-corrected chi connectivity index (χ0v) is 12.3. The van der Waals surface area contributed by atoms with Crippen molar-refractivity contribution in [3.05, 3.63) is 35.4 Å². The van der Waals surface area contributed by atoms with Crippen LogP contribution in [0.4, 0.5) is 0 Å². The highest BCUT2D eigenvalue weighted by Gasteiger charge is 2.31. The molecule has 110 valence electrons. The van der Waals surface area contributed by atoms with Crippen molar-refractivity contribution in [1.82, 2.24) is 4.90 Å². The van der Waals surface area contributed by atoms with Crippen LogP contribution in [0.25, 0.3) is 0 Å². The minimum absolute atomic E-state index is 0.0984. The van der Waals surface area contributed by atoms with Crippen molar-refractivity contribution in [2.45, 2.75) is 25.4 Å². The third kappa shape index (κ3) is 3.88. The Bertz CT molecular complexity index is 467. The molecule has 1 aromatic rings. The molecule has 0 spiro atoms. The Morgan fingerprint density at radius 1 is 1.35 bits per heavy atom. The Kier molecular flexibility index (Phi) is 4.91. The van der Waals surface area contributed by atoms with Crippen molar-refractivity contribution in [1.29, 1.82) is 0 Å². The number of likely N-dealkylation sites (N-methyl/N-ethyl adjacent to an activating group) is 1. The van der Waals surface area contributed by atoms with Gasteiger partial charge in [-0.25, -0.2) is 0 Å². The van der Waals surface area contributed by atoms with Crippen LogP contribution in [0, 0.1) is 6.92 Å². The second-order valence-electron chi connectivity index (χ2n) is 5.75. The Morgan fingerprint density at radius 3 is 2.65 bits per heavy atom. The average molecular weight is 277 g/mol. The number of carbonyl (C=O) groups is 1. The summed E-state index contributed by atoms with van der Waals surface area (Å²) in [6.07, 6.45) is 1.27. The third-order valence-electron chi connectivity index (χ3n) is 3.85. The van der Waals surface area contributed by atoms with Gasteiger partial charge in [0.05, 0.1) is 12.1 Å². The highest BCUT2D eigenvalue weighted by atomic mass is 16.5.